The molecule has 0 fully saturated rings. The Bertz CT molecular complexity index is 347. The average molecular weight is 321 g/mol. The molecule has 0 radical (unpaired) electrons. The Morgan fingerprint density at radius 3 is 2.74 bits per heavy atom. The fourth-order valence-corrected chi connectivity index (χ4v) is 3.82. The summed E-state index contributed by atoms with van der Waals surface area (Å²) >= 11 is 5.12. The zero-order chi connectivity index (χ0) is 13.8. The van der Waals surface area contributed by atoms with Crippen LogP contribution in [0.1, 0.15) is 25.7 Å². The van der Waals surface area contributed by atoms with Crippen molar-refractivity contribution in [3.63, 3.8) is 0 Å². The first kappa shape index (κ1) is 16.8. The Kier molecular flexibility index (Phi) is 10.2. The van der Waals surface area contributed by atoms with Gasteiger partial charge in [-0.15, -0.1) is 10.2 Å². The third-order valence-electron chi connectivity index (χ3n) is 2.24. The van der Waals surface area contributed by atoms with Gasteiger partial charge in [0.1, 0.15) is 0 Å². The van der Waals surface area contributed by atoms with Gasteiger partial charge in [-0.25, -0.2) is 0 Å². The molecule has 1 aromatic rings. The van der Waals surface area contributed by atoms with Gasteiger partial charge >= 0.3 is 0 Å². The number of aromatic nitrogens is 2. The summed E-state index contributed by atoms with van der Waals surface area (Å²) in [6.07, 6.45) is 8.14. The van der Waals surface area contributed by atoms with Crippen LogP contribution in [0, 0.1) is 0 Å². The van der Waals surface area contributed by atoms with Gasteiger partial charge in [0.15, 0.2) is 15.5 Å². The molecule has 0 saturated carbocycles. The summed E-state index contributed by atoms with van der Waals surface area (Å²) in [4.78, 5) is 0. The molecule has 0 saturated heterocycles. The number of unbranched alkanes of at least 4 members (excludes halogenated alkanes) is 3. The molecule has 19 heavy (non-hydrogen) atoms. The quantitative estimate of drug-likeness (QED) is 0.250. The zero-order valence-electron chi connectivity index (χ0n) is 11.2. The lowest BCUT2D eigenvalue weighted by molar-refractivity contribution is -0.0122. The highest BCUT2D eigenvalue weighted by atomic mass is 32.2. The molecule has 0 aliphatic rings. The van der Waals surface area contributed by atoms with E-state index in [9.17, 15) is 0 Å². The summed E-state index contributed by atoms with van der Waals surface area (Å²) < 4.78 is 12.2. The van der Waals surface area contributed by atoms with Crippen molar-refractivity contribution in [2.45, 2.75) is 34.4 Å². The largest absolute Gasteiger partial charge is 0.476 e. The van der Waals surface area contributed by atoms with Gasteiger partial charge in [-0.05, 0) is 19.1 Å². The number of ether oxygens (including phenoxy) is 2. The smallest absolute Gasteiger partial charge is 0.188 e. The maximum atomic E-state index is 5.25. The van der Waals surface area contributed by atoms with Crippen molar-refractivity contribution >= 4 is 34.9 Å². The topological polar surface area (TPSA) is 44.2 Å². The maximum Gasteiger partial charge on any atom is 0.188 e. The summed E-state index contributed by atoms with van der Waals surface area (Å²) in [6, 6.07) is 0. The first-order valence-electron chi connectivity index (χ1n) is 6.17. The van der Waals surface area contributed by atoms with E-state index in [-0.39, 0.29) is 0 Å². The highest BCUT2D eigenvalue weighted by Gasteiger charge is 2.02. The van der Waals surface area contributed by atoms with Gasteiger partial charge in [0.25, 0.3) is 0 Å². The van der Waals surface area contributed by atoms with Crippen LogP contribution in [0.2, 0.25) is 0 Å². The van der Waals surface area contributed by atoms with Crippen molar-refractivity contribution in [2.24, 2.45) is 0 Å². The number of rotatable bonds is 12. The van der Waals surface area contributed by atoms with Crippen LogP contribution >= 0.6 is 34.9 Å². The molecular formula is C12H20N2O2S3. The van der Waals surface area contributed by atoms with E-state index in [1.807, 2.05) is 6.26 Å². The van der Waals surface area contributed by atoms with Gasteiger partial charge in [-0.1, -0.05) is 54.3 Å². The molecule has 0 spiro atoms. The molecule has 0 atom stereocenters. The van der Waals surface area contributed by atoms with Gasteiger partial charge in [0, 0.05) is 5.75 Å². The number of hydrogen-bond acceptors (Lipinski definition) is 7. The van der Waals surface area contributed by atoms with Crippen LogP contribution in [-0.2, 0) is 9.47 Å². The van der Waals surface area contributed by atoms with Crippen molar-refractivity contribution in [1.29, 1.82) is 0 Å². The van der Waals surface area contributed by atoms with E-state index in [2.05, 4.69) is 16.8 Å². The first-order chi connectivity index (χ1) is 9.36. The van der Waals surface area contributed by atoms with Crippen LogP contribution in [-0.4, -0.2) is 35.6 Å². The second-order valence-electron chi connectivity index (χ2n) is 3.66. The Balaban J connectivity index is 1.87. The second-order valence-corrected chi connectivity index (χ2v) is 7.03. The molecule has 0 N–H and O–H groups in total. The normalized spacial score (nSPS) is 10.6. The van der Waals surface area contributed by atoms with Gasteiger partial charge in [0.05, 0.1) is 12.9 Å². The van der Waals surface area contributed by atoms with Crippen molar-refractivity contribution in [1.82, 2.24) is 10.2 Å². The van der Waals surface area contributed by atoms with Gasteiger partial charge < -0.3 is 9.47 Å². The monoisotopic (exact) mass is 320 g/mol. The van der Waals surface area contributed by atoms with Crippen molar-refractivity contribution in [3.05, 3.63) is 12.8 Å². The fourth-order valence-electron chi connectivity index (χ4n) is 1.31. The van der Waals surface area contributed by atoms with Crippen molar-refractivity contribution in [2.75, 3.05) is 25.4 Å². The number of hydrogen-bond donors (Lipinski definition) is 0. The molecule has 0 aromatic carbocycles. The molecule has 1 rings (SSSR count). The molecule has 7 heteroatoms. The molecule has 1 heterocycles. The Morgan fingerprint density at radius 1 is 1.21 bits per heavy atom. The van der Waals surface area contributed by atoms with Crippen LogP contribution in [0.5, 0.6) is 0 Å². The number of thioether (sulfide) groups is 2. The van der Waals surface area contributed by atoms with Crippen LogP contribution in [0.25, 0.3) is 0 Å². The molecule has 4 nitrogen and oxygen atoms in total. The Hall–Kier alpha value is -0.240. The van der Waals surface area contributed by atoms with E-state index in [1.54, 1.807) is 34.9 Å². The lowest BCUT2D eigenvalue weighted by Gasteiger charge is -2.03. The lowest BCUT2D eigenvalue weighted by Crippen LogP contribution is -1.97. The molecule has 0 unspecified atom stereocenters. The van der Waals surface area contributed by atoms with E-state index in [1.165, 1.54) is 25.5 Å². The van der Waals surface area contributed by atoms with Crippen LogP contribution < -0.4 is 0 Å². The third kappa shape index (κ3) is 8.52. The zero-order valence-corrected chi connectivity index (χ0v) is 13.6. The summed E-state index contributed by atoms with van der Waals surface area (Å²) in [5, 5.41) is 8.21. The molecule has 0 aliphatic heterocycles. The van der Waals surface area contributed by atoms with E-state index in [0.717, 1.165) is 27.5 Å². The second kappa shape index (κ2) is 11.6. The number of nitrogens with zero attached hydrogens (tertiary/aromatic N) is 2. The highest BCUT2D eigenvalue weighted by molar-refractivity contribution is 8.02. The Morgan fingerprint density at radius 2 is 2.00 bits per heavy atom. The minimum absolute atomic E-state index is 0.314. The fraction of sp³-hybridized carbons (Fsp3) is 0.667. The lowest BCUT2D eigenvalue weighted by atomic mass is 10.2. The van der Waals surface area contributed by atoms with Crippen LogP contribution in [0.3, 0.4) is 0 Å². The minimum Gasteiger partial charge on any atom is -0.476 e. The van der Waals surface area contributed by atoms with Crippen LogP contribution in [0.4, 0.5) is 0 Å². The Labute approximate surface area is 127 Å². The molecule has 0 bridgehead atoms. The van der Waals surface area contributed by atoms with Gasteiger partial charge in [-0.2, -0.15) is 0 Å². The van der Waals surface area contributed by atoms with E-state index < -0.39 is 0 Å². The standard InChI is InChI=1S/C12H20N2O2S3/c1-3-15-10-16-8-6-4-5-7-9-18-12-14-13-11(17-2)19-12/h3H,1,4-10H2,2H3. The molecule has 108 valence electrons. The van der Waals surface area contributed by atoms with Crippen LogP contribution in [0.15, 0.2) is 21.5 Å². The molecule has 0 amide bonds. The summed E-state index contributed by atoms with van der Waals surface area (Å²) in [5.41, 5.74) is 0. The van der Waals surface area contributed by atoms with E-state index in [4.69, 9.17) is 9.47 Å². The predicted molar refractivity (Wildman–Crippen MR) is 83.0 cm³/mol. The predicted octanol–water partition coefficient (Wildman–Crippen LogP) is 4.05. The molecule has 1 aromatic heterocycles. The SMILES string of the molecule is C=COCOCCCCCCSc1nnc(SC)s1. The third-order valence-corrected chi connectivity index (χ3v) is 5.36. The molecular weight excluding hydrogens is 300 g/mol. The van der Waals surface area contributed by atoms with Crippen molar-refractivity contribution in [3.8, 4) is 0 Å². The van der Waals surface area contributed by atoms with Gasteiger partial charge in [-0.3, -0.25) is 0 Å². The summed E-state index contributed by atoms with van der Waals surface area (Å²) in [7, 11) is 0. The average Bonchev–Trinajstić information content (AvgIpc) is 2.89. The van der Waals surface area contributed by atoms with Crippen molar-refractivity contribution < 1.29 is 9.47 Å². The first-order valence-corrected chi connectivity index (χ1v) is 9.20. The van der Waals surface area contributed by atoms with E-state index in [0.29, 0.717) is 6.79 Å². The van der Waals surface area contributed by atoms with Gasteiger partial charge in [0.2, 0.25) is 0 Å². The highest BCUT2D eigenvalue weighted by Crippen LogP contribution is 2.27. The summed E-state index contributed by atoms with van der Waals surface area (Å²) in [6.45, 7) is 4.52. The van der Waals surface area contributed by atoms with E-state index >= 15 is 0 Å². The maximum absolute atomic E-state index is 5.25. The minimum atomic E-state index is 0.314. The molecule has 0 aliphatic carbocycles. The summed E-state index contributed by atoms with van der Waals surface area (Å²) in [5.74, 6) is 1.11.